The Hall–Kier alpha value is -1.85. The smallest absolute Gasteiger partial charge is 0.307 e. The van der Waals surface area contributed by atoms with Crippen molar-refractivity contribution in [3.05, 3.63) is 57.6 Å². The van der Waals surface area contributed by atoms with Gasteiger partial charge in [0.2, 0.25) is 0 Å². The third-order valence-electron chi connectivity index (χ3n) is 4.92. The second kappa shape index (κ2) is 6.81. The number of rotatable bonds is 3. The minimum absolute atomic E-state index is 0.428. The lowest BCUT2D eigenvalue weighted by atomic mass is 9.99. The molecule has 0 radical (unpaired) electrons. The van der Waals surface area contributed by atoms with Gasteiger partial charge in [-0.15, -0.1) is 0 Å². The Morgan fingerprint density at radius 3 is 2.16 bits per heavy atom. The van der Waals surface area contributed by atoms with Gasteiger partial charge in [-0.1, -0.05) is 17.7 Å². The molecule has 0 saturated heterocycles. The van der Waals surface area contributed by atoms with E-state index in [1.165, 1.54) is 22.3 Å². The summed E-state index contributed by atoms with van der Waals surface area (Å²) in [6.07, 6.45) is 6.42. The molecule has 4 nitrogen and oxygen atoms in total. The zero-order valence-corrected chi connectivity index (χ0v) is 15.3. The van der Waals surface area contributed by atoms with Crippen LogP contribution in [0.3, 0.4) is 0 Å². The fourth-order valence-corrected chi connectivity index (χ4v) is 4.65. The summed E-state index contributed by atoms with van der Waals surface area (Å²) >= 11 is 5.84. The second-order valence-electron chi connectivity index (χ2n) is 6.51. The van der Waals surface area contributed by atoms with Gasteiger partial charge < -0.3 is 5.32 Å². The van der Waals surface area contributed by atoms with E-state index in [-0.39, 0.29) is 0 Å². The molecule has 0 spiro atoms. The van der Waals surface area contributed by atoms with E-state index in [1.807, 2.05) is 0 Å². The SMILES string of the molecule is O=C(Nc1c2c(cc3c1CCC3)CCC2)NS(=O)c1ccc(Cl)cc1. The molecular formula is C19H19ClN2O2S. The Morgan fingerprint density at radius 1 is 0.960 bits per heavy atom. The van der Waals surface area contributed by atoms with Crippen LogP contribution in [0.5, 0.6) is 0 Å². The van der Waals surface area contributed by atoms with E-state index < -0.39 is 17.0 Å². The molecule has 2 aromatic carbocycles. The second-order valence-corrected chi connectivity index (χ2v) is 8.16. The van der Waals surface area contributed by atoms with Crippen molar-refractivity contribution in [3.8, 4) is 0 Å². The fourth-order valence-electron chi connectivity index (χ4n) is 3.81. The third kappa shape index (κ3) is 3.31. The van der Waals surface area contributed by atoms with Crippen molar-refractivity contribution in [2.45, 2.75) is 43.4 Å². The number of fused-ring (bicyclic) bond motifs is 2. The summed E-state index contributed by atoms with van der Waals surface area (Å²) in [5.74, 6) is 0. The monoisotopic (exact) mass is 374 g/mol. The highest BCUT2D eigenvalue weighted by Gasteiger charge is 2.25. The standard InChI is InChI=1S/C19H19ClN2O2S/c20-14-7-9-15(10-8-14)25(24)22-19(23)21-18-16-5-1-3-12(16)11-13-4-2-6-17(13)18/h7-11H,1-6H2,(H2,21,22,23). The van der Waals surface area contributed by atoms with E-state index in [9.17, 15) is 9.00 Å². The van der Waals surface area contributed by atoms with Gasteiger partial charge in [-0.2, -0.15) is 0 Å². The molecule has 4 rings (SSSR count). The van der Waals surface area contributed by atoms with Gasteiger partial charge in [-0.25, -0.2) is 9.00 Å². The Morgan fingerprint density at radius 2 is 1.56 bits per heavy atom. The zero-order valence-electron chi connectivity index (χ0n) is 13.7. The maximum atomic E-state index is 12.4. The first-order chi connectivity index (χ1) is 12.1. The maximum Gasteiger partial charge on any atom is 0.331 e. The van der Waals surface area contributed by atoms with Crippen molar-refractivity contribution < 1.29 is 9.00 Å². The number of hydrogen-bond acceptors (Lipinski definition) is 2. The summed E-state index contributed by atoms with van der Waals surface area (Å²) < 4.78 is 14.8. The maximum absolute atomic E-state index is 12.4. The highest BCUT2D eigenvalue weighted by atomic mass is 35.5. The number of benzene rings is 2. The highest BCUT2D eigenvalue weighted by molar-refractivity contribution is 7.83. The molecule has 1 atom stereocenters. The summed E-state index contributed by atoms with van der Waals surface area (Å²) in [7, 11) is -1.61. The van der Waals surface area contributed by atoms with Gasteiger partial charge in [-0.05, 0) is 85.0 Å². The van der Waals surface area contributed by atoms with E-state index >= 15 is 0 Å². The Kier molecular flexibility index (Phi) is 4.52. The van der Waals surface area contributed by atoms with Crippen molar-refractivity contribution in [1.82, 2.24) is 4.72 Å². The number of halogens is 1. The zero-order chi connectivity index (χ0) is 17.4. The van der Waals surface area contributed by atoms with Gasteiger partial charge in [0, 0.05) is 10.7 Å². The predicted octanol–water partition coefficient (Wildman–Crippen LogP) is 4.16. The Labute approximate surface area is 154 Å². The largest absolute Gasteiger partial charge is 0.331 e. The summed E-state index contributed by atoms with van der Waals surface area (Å²) in [6.45, 7) is 0. The van der Waals surface area contributed by atoms with Crippen LogP contribution in [0.4, 0.5) is 10.5 Å². The molecule has 2 amide bonds. The van der Waals surface area contributed by atoms with Crippen LogP contribution in [0, 0.1) is 0 Å². The van der Waals surface area contributed by atoms with E-state index in [4.69, 9.17) is 11.6 Å². The molecule has 0 saturated carbocycles. The Balaban J connectivity index is 1.54. The van der Waals surface area contributed by atoms with Crippen molar-refractivity contribution in [2.24, 2.45) is 0 Å². The van der Waals surface area contributed by atoms with Gasteiger partial charge in [-0.3, -0.25) is 4.72 Å². The van der Waals surface area contributed by atoms with E-state index in [2.05, 4.69) is 16.1 Å². The van der Waals surface area contributed by atoms with Crippen LogP contribution in [-0.2, 0) is 36.7 Å². The van der Waals surface area contributed by atoms with Gasteiger partial charge in [0.1, 0.15) is 0 Å². The van der Waals surface area contributed by atoms with Crippen molar-refractivity contribution in [2.75, 3.05) is 5.32 Å². The molecule has 6 heteroatoms. The molecule has 0 aromatic heterocycles. The third-order valence-corrected chi connectivity index (χ3v) is 6.25. The van der Waals surface area contributed by atoms with Crippen LogP contribution < -0.4 is 10.0 Å². The molecule has 0 fully saturated rings. The van der Waals surface area contributed by atoms with E-state index in [0.717, 1.165) is 44.2 Å². The predicted molar refractivity (Wildman–Crippen MR) is 101 cm³/mol. The fraction of sp³-hybridized carbons (Fsp3) is 0.316. The number of anilines is 1. The number of hydrogen-bond donors (Lipinski definition) is 2. The van der Waals surface area contributed by atoms with Crippen LogP contribution in [-0.4, -0.2) is 10.2 Å². The number of carbonyl (C=O) groups excluding carboxylic acids is 1. The van der Waals surface area contributed by atoms with Crippen LogP contribution in [0.2, 0.25) is 5.02 Å². The minimum atomic E-state index is -1.61. The van der Waals surface area contributed by atoms with Crippen molar-refractivity contribution in [1.29, 1.82) is 0 Å². The van der Waals surface area contributed by atoms with Crippen molar-refractivity contribution in [3.63, 3.8) is 0 Å². The number of nitrogens with one attached hydrogen (secondary N) is 2. The average molecular weight is 375 g/mol. The van der Waals surface area contributed by atoms with Crippen LogP contribution in [0.1, 0.15) is 35.1 Å². The number of carbonyl (C=O) groups is 1. The normalized spacial score (nSPS) is 16.2. The average Bonchev–Trinajstić information content (AvgIpc) is 3.24. The Bertz CT molecular complexity index is 832. The lowest BCUT2D eigenvalue weighted by molar-refractivity contribution is 0.257. The molecule has 2 N–H and O–H groups in total. The first-order valence-corrected chi connectivity index (χ1v) is 10.1. The number of amides is 2. The van der Waals surface area contributed by atoms with E-state index in [0.29, 0.717) is 9.92 Å². The van der Waals surface area contributed by atoms with Crippen LogP contribution in [0.25, 0.3) is 0 Å². The number of aryl methyl sites for hydroxylation is 2. The molecular weight excluding hydrogens is 356 g/mol. The molecule has 2 aliphatic rings. The highest BCUT2D eigenvalue weighted by Crippen LogP contribution is 2.38. The van der Waals surface area contributed by atoms with Gasteiger partial charge >= 0.3 is 6.03 Å². The summed E-state index contributed by atoms with van der Waals surface area (Å²) in [6, 6.07) is 8.51. The summed E-state index contributed by atoms with van der Waals surface area (Å²) in [5.41, 5.74) is 6.18. The molecule has 25 heavy (non-hydrogen) atoms. The van der Waals surface area contributed by atoms with Gasteiger partial charge in [0.25, 0.3) is 0 Å². The molecule has 0 aliphatic heterocycles. The first kappa shape index (κ1) is 16.6. The first-order valence-electron chi connectivity index (χ1n) is 8.53. The molecule has 130 valence electrons. The van der Waals surface area contributed by atoms with Crippen LogP contribution in [0.15, 0.2) is 35.2 Å². The lowest BCUT2D eigenvalue weighted by Gasteiger charge is -2.16. The minimum Gasteiger partial charge on any atom is -0.307 e. The summed E-state index contributed by atoms with van der Waals surface area (Å²) in [5, 5.41) is 3.56. The van der Waals surface area contributed by atoms with Crippen LogP contribution >= 0.6 is 11.6 Å². The molecule has 0 bridgehead atoms. The molecule has 2 aliphatic carbocycles. The number of urea groups is 1. The lowest BCUT2D eigenvalue weighted by Crippen LogP contribution is -2.31. The van der Waals surface area contributed by atoms with E-state index in [1.54, 1.807) is 24.3 Å². The molecule has 0 heterocycles. The molecule has 1 unspecified atom stereocenters. The quantitative estimate of drug-likeness (QED) is 0.847. The van der Waals surface area contributed by atoms with Gasteiger partial charge in [0.15, 0.2) is 11.0 Å². The molecule has 2 aromatic rings. The van der Waals surface area contributed by atoms with Gasteiger partial charge in [0.05, 0.1) is 4.90 Å². The summed E-state index contributed by atoms with van der Waals surface area (Å²) in [4.78, 5) is 12.9. The van der Waals surface area contributed by atoms with Crippen molar-refractivity contribution >= 4 is 34.3 Å². The topological polar surface area (TPSA) is 58.2 Å².